The van der Waals surface area contributed by atoms with Crippen molar-refractivity contribution in [2.45, 2.75) is 58.4 Å². The van der Waals surface area contributed by atoms with E-state index >= 15 is 0 Å². The Morgan fingerprint density at radius 2 is 2.16 bits per heavy atom. The van der Waals surface area contributed by atoms with E-state index in [9.17, 15) is 0 Å². The summed E-state index contributed by atoms with van der Waals surface area (Å²) in [5, 5.41) is 3.50. The first-order valence-electron chi connectivity index (χ1n) is 7.55. The van der Waals surface area contributed by atoms with E-state index in [4.69, 9.17) is 4.74 Å². The lowest BCUT2D eigenvalue weighted by Crippen LogP contribution is -2.32. The zero-order chi connectivity index (χ0) is 13.5. The summed E-state index contributed by atoms with van der Waals surface area (Å²) in [6.45, 7) is 5.07. The highest BCUT2D eigenvalue weighted by Gasteiger charge is 2.24. The fourth-order valence-corrected chi connectivity index (χ4v) is 2.75. The molecule has 1 heterocycles. The lowest BCUT2D eigenvalue weighted by atomic mass is 9.83. The van der Waals surface area contributed by atoms with E-state index < -0.39 is 0 Å². The number of anilines is 1. The molecule has 0 saturated heterocycles. The minimum Gasteiger partial charge on any atom is -0.478 e. The van der Waals surface area contributed by atoms with Gasteiger partial charge in [0.2, 0.25) is 11.8 Å². The number of nitrogens with zero attached hydrogens (tertiary/aromatic N) is 2. The molecule has 106 valence electrons. The third kappa shape index (κ3) is 4.08. The van der Waals surface area contributed by atoms with Crippen LogP contribution < -0.4 is 10.1 Å². The monoisotopic (exact) mass is 263 g/mol. The second-order valence-corrected chi connectivity index (χ2v) is 5.27. The van der Waals surface area contributed by atoms with Crippen LogP contribution in [0.5, 0.6) is 5.88 Å². The van der Waals surface area contributed by atoms with Crippen LogP contribution in [-0.2, 0) is 0 Å². The van der Waals surface area contributed by atoms with Crippen molar-refractivity contribution in [1.29, 1.82) is 0 Å². The SMILES string of the molecule is CCCOc1ccnc(NC2CCCCC2CC)n1. The Hall–Kier alpha value is -1.32. The molecule has 1 saturated carbocycles. The summed E-state index contributed by atoms with van der Waals surface area (Å²) in [6.07, 6.45) is 9.20. The van der Waals surface area contributed by atoms with Gasteiger partial charge in [0.1, 0.15) is 0 Å². The van der Waals surface area contributed by atoms with Crippen molar-refractivity contribution in [3.8, 4) is 5.88 Å². The topological polar surface area (TPSA) is 47.0 Å². The molecule has 1 fully saturated rings. The van der Waals surface area contributed by atoms with Crippen LogP contribution in [0.4, 0.5) is 5.95 Å². The van der Waals surface area contributed by atoms with Crippen LogP contribution in [0.15, 0.2) is 12.3 Å². The average molecular weight is 263 g/mol. The van der Waals surface area contributed by atoms with Crippen molar-refractivity contribution in [2.24, 2.45) is 5.92 Å². The van der Waals surface area contributed by atoms with E-state index in [0.29, 0.717) is 24.5 Å². The van der Waals surface area contributed by atoms with E-state index in [1.807, 2.05) is 6.07 Å². The molecule has 2 atom stereocenters. The molecule has 0 aliphatic heterocycles. The fourth-order valence-electron chi connectivity index (χ4n) is 2.75. The second kappa shape index (κ2) is 7.31. The highest BCUT2D eigenvalue weighted by Crippen LogP contribution is 2.28. The van der Waals surface area contributed by atoms with Crippen molar-refractivity contribution in [2.75, 3.05) is 11.9 Å². The van der Waals surface area contributed by atoms with Gasteiger partial charge in [0.15, 0.2) is 0 Å². The molecule has 1 aliphatic carbocycles. The largest absolute Gasteiger partial charge is 0.478 e. The van der Waals surface area contributed by atoms with Crippen molar-refractivity contribution in [1.82, 2.24) is 9.97 Å². The van der Waals surface area contributed by atoms with E-state index in [0.717, 1.165) is 12.3 Å². The zero-order valence-corrected chi connectivity index (χ0v) is 12.1. The quantitative estimate of drug-likeness (QED) is 0.851. The first kappa shape index (κ1) is 14.1. The van der Waals surface area contributed by atoms with Gasteiger partial charge < -0.3 is 10.1 Å². The standard InChI is InChI=1S/C15H25N3O/c1-3-11-19-14-9-10-16-15(18-14)17-13-8-6-5-7-12(13)4-2/h9-10,12-13H,3-8,11H2,1-2H3,(H,16,17,18). The van der Waals surface area contributed by atoms with Crippen molar-refractivity contribution >= 4 is 5.95 Å². The number of hydrogen-bond donors (Lipinski definition) is 1. The second-order valence-electron chi connectivity index (χ2n) is 5.27. The Bertz CT molecular complexity index is 383. The van der Waals surface area contributed by atoms with Crippen molar-refractivity contribution < 1.29 is 4.74 Å². The molecule has 0 radical (unpaired) electrons. The summed E-state index contributed by atoms with van der Waals surface area (Å²) in [4.78, 5) is 8.74. The minimum atomic E-state index is 0.514. The maximum Gasteiger partial charge on any atom is 0.226 e. The molecule has 2 unspecified atom stereocenters. The van der Waals surface area contributed by atoms with Crippen molar-refractivity contribution in [3.63, 3.8) is 0 Å². The summed E-state index contributed by atoms with van der Waals surface area (Å²) in [6, 6.07) is 2.33. The number of ether oxygens (including phenoxy) is 1. The molecule has 0 amide bonds. The molecule has 0 spiro atoms. The van der Waals surface area contributed by atoms with Gasteiger partial charge in [-0.05, 0) is 25.2 Å². The van der Waals surface area contributed by atoms with Gasteiger partial charge in [-0.1, -0.05) is 33.1 Å². The first-order chi connectivity index (χ1) is 9.33. The van der Waals surface area contributed by atoms with Gasteiger partial charge in [-0.2, -0.15) is 4.98 Å². The first-order valence-corrected chi connectivity index (χ1v) is 7.55. The van der Waals surface area contributed by atoms with Gasteiger partial charge in [-0.15, -0.1) is 0 Å². The molecule has 2 rings (SSSR count). The minimum absolute atomic E-state index is 0.514. The summed E-state index contributed by atoms with van der Waals surface area (Å²) >= 11 is 0. The highest BCUT2D eigenvalue weighted by atomic mass is 16.5. The van der Waals surface area contributed by atoms with Crippen LogP contribution in [0.1, 0.15) is 52.4 Å². The lowest BCUT2D eigenvalue weighted by molar-refractivity contribution is 0.302. The van der Waals surface area contributed by atoms with Gasteiger partial charge in [0.25, 0.3) is 0 Å². The molecule has 1 aliphatic rings. The van der Waals surface area contributed by atoms with Crippen LogP contribution in [0.2, 0.25) is 0 Å². The van der Waals surface area contributed by atoms with Crippen molar-refractivity contribution in [3.05, 3.63) is 12.3 Å². The maximum atomic E-state index is 5.55. The Kier molecular flexibility index (Phi) is 5.43. The number of nitrogens with one attached hydrogen (secondary N) is 1. The van der Waals surface area contributed by atoms with Gasteiger partial charge in [0.05, 0.1) is 6.61 Å². The predicted octanol–water partition coefficient (Wildman–Crippen LogP) is 3.65. The van der Waals surface area contributed by atoms with Gasteiger partial charge in [-0.25, -0.2) is 4.98 Å². The Morgan fingerprint density at radius 3 is 2.95 bits per heavy atom. The number of aromatic nitrogens is 2. The van der Waals surface area contributed by atoms with Gasteiger partial charge in [0, 0.05) is 18.3 Å². The van der Waals surface area contributed by atoms with Gasteiger partial charge >= 0.3 is 0 Å². The van der Waals surface area contributed by atoms with E-state index in [1.54, 1.807) is 6.20 Å². The summed E-state index contributed by atoms with van der Waals surface area (Å²) in [5.74, 6) is 2.12. The summed E-state index contributed by atoms with van der Waals surface area (Å²) in [5.41, 5.74) is 0. The average Bonchev–Trinajstić information content (AvgIpc) is 2.46. The van der Waals surface area contributed by atoms with Crippen LogP contribution in [0.3, 0.4) is 0 Å². The molecule has 0 aromatic carbocycles. The Balaban J connectivity index is 1.97. The fraction of sp³-hybridized carbons (Fsp3) is 0.733. The van der Waals surface area contributed by atoms with Crippen LogP contribution >= 0.6 is 0 Å². The zero-order valence-electron chi connectivity index (χ0n) is 12.1. The lowest BCUT2D eigenvalue weighted by Gasteiger charge is -2.31. The molecular weight excluding hydrogens is 238 g/mol. The normalized spacial score (nSPS) is 23.1. The van der Waals surface area contributed by atoms with Gasteiger partial charge in [-0.3, -0.25) is 0 Å². The third-order valence-electron chi connectivity index (χ3n) is 3.83. The molecule has 1 aromatic rings. The number of rotatable bonds is 6. The van der Waals surface area contributed by atoms with E-state index in [2.05, 4.69) is 29.1 Å². The van der Waals surface area contributed by atoms with Crippen LogP contribution in [-0.4, -0.2) is 22.6 Å². The molecule has 4 nitrogen and oxygen atoms in total. The van der Waals surface area contributed by atoms with Crippen LogP contribution in [0.25, 0.3) is 0 Å². The molecule has 1 N–H and O–H groups in total. The highest BCUT2D eigenvalue weighted by molar-refractivity contribution is 5.29. The maximum absolute atomic E-state index is 5.55. The molecule has 19 heavy (non-hydrogen) atoms. The van der Waals surface area contributed by atoms with Crippen LogP contribution in [0, 0.1) is 5.92 Å². The summed E-state index contributed by atoms with van der Waals surface area (Å²) in [7, 11) is 0. The molecule has 4 heteroatoms. The molecule has 1 aromatic heterocycles. The number of hydrogen-bond acceptors (Lipinski definition) is 4. The Morgan fingerprint density at radius 1 is 1.32 bits per heavy atom. The molecular formula is C15H25N3O. The third-order valence-corrected chi connectivity index (χ3v) is 3.83. The predicted molar refractivity (Wildman–Crippen MR) is 77.5 cm³/mol. The van der Waals surface area contributed by atoms with E-state index in [-0.39, 0.29) is 0 Å². The Labute approximate surface area is 116 Å². The smallest absolute Gasteiger partial charge is 0.226 e. The summed E-state index contributed by atoms with van der Waals surface area (Å²) < 4.78 is 5.55. The molecule has 0 bridgehead atoms. The van der Waals surface area contributed by atoms with E-state index in [1.165, 1.54) is 32.1 Å².